The molecule has 2 aromatic carbocycles. The molecule has 0 atom stereocenters. The molecule has 0 aliphatic heterocycles. The van der Waals surface area contributed by atoms with E-state index >= 15 is 0 Å². The van der Waals surface area contributed by atoms with Gasteiger partial charge in [-0.1, -0.05) is 35.5 Å². The molecule has 20 heavy (non-hydrogen) atoms. The second-order valence-electron chi connectivity index (χ2n) is 4.33. The minimum Gasteiger partial charge on any atom is -0.508 e. The van der Waals surface area contributed by atoms with Crippen LogP contribution in [0.2, 0.25) is 0 Å². The van der Waals surface area contributed by atoms with E-state index in [0.717, 1.165) is 27.7 Å². The van der Waals surface area contributed by atoms with Gasteiger partial charge in [-0.2, -0.15) is 0 Å². The molecule has 0 saturated heterocycles. The summed E-state index contributed by atoms with van der Waals surface area (Å²) in [5.74, 6) is 1.80. The number of nitrogens with zero attached hydrogens (tertiary/aromatic N) is 1. The van der Waals surface area contributed by atoms with Crippen molar-refractivity contribution in [1.29, 1.82) is 0 Å². The topological polar surface area (TPSA) is 46.3 Å². The molecule has 1 aromatic heterocycles. The number of benzene rings is 2. The van der Waals surface area contributed by atoms with E-state index in [1.165, 1.54) is 0 Å². The zero-order chi connectivity index (χ0) is 13.8. The van der Waals surface area contributed by atoms with Gasteiger partial charge in [0.2, 0.25) is 0 Å². The normalized spacial score (nSPS) is 10.6. The molecule has 0 unspecified atom stereocenters. The van der Waals surface area contributed by atoms with Gasteiger partial charge in [0.25, 0.3) is 0 Å². The van der Waals surface area contributed by atoms with Crippen molar-refractivity contribution in [1.82, 2.24) is 5.16 Å². The first-order valence-electron chi connectivity index (χ1n) is 6.24. The van der Waals surface area contributed by atoms with Crippen molar-refractivity contribution in [3.05, 3.63) is 66.4 Å². The molecule has 3 rings (SSSR count). The van der Waals surface area contributed by atoms with Crippen LogP contribution in [0, 0.1) is 0 Å². The number of phenols is 1. The molecule has 0 aliphatic rings. The Morgan fingerprint density at radius 3 is 2.50 bits per heavy atom. The lowest BCUT2D eigenvalue weighted by atomic mass is 10.2. The summed E-state index contributed by atoms with van der Waals surface area (Å²) >= 11 is 1.66. The van der Waals surface area contributed by atoms with Gasteiger partial charge in [0.05, 0.1) is 5.69 Å². The molecule has 0 saturated carbocycles. The second-order valence-corrected chi connectivity index (χ2v) is 5.38. The molecule has 1 N–H and O–H groups in total. The summed E-state index contributed by atoms with van der Waals surface area (Å²) in [5.41, 5.74) is 1.93. The molecule has 0 bridgehead atoms. The number of phenolic OH excluding ortho intramolecular Hbond substituents is 1. The van der Waals surface area contributed by atoms with Crippen molar-refractivity contribution in [2.75, 3.05) is 0 Å². The van der Waals surface area contributed by atoms with Crippen LogP contribution in [0.3, 0.4) is 0 Å². The third-order valence-corrected chi connectivity index (χ3v) is 3.89. The van der Waals surface area contributed by atoms with Gasteiger partial charge < -0.3 is 9.63 Å². The first-order chi connectivity index (χ1) is 9.81. The summed E-state index contributed by atoms with van der Waals surface area (Å²) in [5, 5.41) is 13.3. The second kappa shape index (κ2) is 5.84. The van der Waals surface area contributed by atoms with Crippen molar-refractivity contribution in [2.45, 2.75) is 10.6 Å². The smallest absolute Gasteiger partial charge is 0.167 e. The zero-order valence-corrected chi connectivity index (χ0v) is 11.5. The van der Waals surface area contributed by atoms with Crippen LogP contribution in [0.25, 0.3) is 11.3 Å². The Kier molecular flexibility index (Phi) is 3.74. The number of hydrogen-bond acceptors (Lipinski definition) is 4. The van der Waals surface area contributed by atoms with Crippen molar-refractivity contribution < 1.29 is 9.63 Å². The van der Waals surface area contributed by atoms with Gasteiger partial charge in [-0.25, -0.2) is 0 Å². The SMILES string of the molecule is Oc1ccc(SCc2cc(-c3ccccc3)on2)cc1. The zero-order valence-electron chi connectivity index (χ0n) is 10.7. The summed E-state index contributed by atoms with van der Waals surface area (Å²) in [6.07, 6.45) is 0. The molecular weight excluding hydrogens is 270 g/mol. The monoisotopic (exact) mass is 283 g/mol. The molecule has 1 heterocycles. The average molecular weight is 283 g/mol. The van der Waals surface area contributed by atoms with E-state index in [1.807, 2.05) is 48.5 Å². The molecule has 0 amide bonds. The highest BCUT2D eigenvalue weighted by Crippen LogP contribution is 2.26. The Hall–Kier alpha value is -2.20. The van der Waals surface area contributed by atoms with Crippen LogP contribution in [-0.4, -0.2) is 10.3 Å². The van der Waals surface area contributed by atoms with E-state index in [1.54, 1.807) is 23.9 Å². The summed E-state index contributed by atoms with van der Waals surface area (Å²) in [6.45, 7) is 0. The number of aromatic nitrogens is 1. The molecule has 0 fully saturated rings. The number of aromatic hydroxyl groups is 1. The first kappa shape index (κ1) is 12.8. The largest absolute Gasteiger partial charge is 0.508 e. The van der Waals surface area contributed by atoms with Gasteiger partial charge in [0.15, 0.2) is 5.76 Å². The summed E-state index contributed by atoms with van der Waals surface area (Å²) in [4.78, 5) is 1.09. The van der Waals surface area contributed by atoms with Gasteiger partial charge in [0.1, 0.15) is 5.75 Å². The maximum Gasteiger partial charge on any atom is 0.167 e. The minimum absolute atomic E-state index is 0.280. The highest BCUT2D eigenvalue weighted by molar-refractivity contribution is 7.98. The lowest BCUT2D eigenvalue weighted by Crippen LogP contribution is -1.79. The lowest BCUT2D eigenvalue weighted by Gasteiger charge is -1.98. The van der Waals surface area contributed by atoms with Gasteiger partial charge in [-0.3, -0.25) is 0 Å². The summed E-state index contributed by atoms with van der Waals surface area (Å²) in [7, 11) is 0. The maximum absolute atomic E-state index is 9.23. The molecule has 100 valence electrons. The van der Waals surface area contributed by atoms with Gasteiger partial charge >= 0.3 is 0 Å². The lowest BCUT2D eigenvalue weighted by molar-refractivity contribution is 0.426. The van der Waals surface area contributed by atoms with Crippen LogP contribution in [-0.2, 0) is 5.75 Å². The fourth-order valence-corrected chi connectivity index (χ4v) is 2.60. The molecular formula is C16H13NO2S. The maximum atomic E-state index is 9.23. The third-order valence-electron chi connectivity index (χ3n) is 2.84. The minimum atomic E-state index is 0.280. The molecule has 0 aliphatic carbocycles. The van der Waals surface area contributed by atoms with Gasteiger partial charge in [-0.15, -0.1) is 11.8 Å². The van der Waals surface area contributed by atoms with Crippen LogP contribution >= 0.6 is 11.8 Å². The van der Waals surface area contributed by atoms with Crippen LogP contribution in [0.4, 0.5) is 0 Å². The standard InChI is InChI=1S/C16H13NO2S/c18-14-6-8-15(9-7-14)20-11-13-10-16(19-17-13)12-4-2-1-3-5-12/h1-10,18H,11H2. The van der Waals surface area contributed by atoms with E-state index in [2.05, 4.69) is 5.16 Å². The Bertz CT molecular complexity index is 677. The van der Waals surface area contributed by atoms with Crippen LogP contribution < -0.4 is 0 Å². The Labute approximate surface area is 121 Å². The van der Waals surface area contributed by atoms with Crippen molar-refractivity contribution >= 4 is 11.8 Å². The van der Waals surface area contributed by atoms with E-state index < -0.39 is 0 Å². The van der Waals surface area contributed by atoms with Crippen LogP contribution in [0.15, 0.2) is 70.1 Å². The van der Waals surface area contributed by atoms with E-state index in [0.29, 0.717) is 0 Å². The van der Waals surface area contributed by atoms with E-state index in [9.17, 15) is 5.11 Å². The molecule has 3 nitrogen and oxygen atoms in total. The van der Waals surface area contributed by atoms with Crippen LogP contribution in [0.5, 0.6) is 5.75 Å². The summed E-state index contributed by atoms with van der Waals surface area (Å²) < 4.78 is 5.35. The first-order valence-corrected chi connectivity index (χ1v) is 7.23. The highest BCUT2D eigenvalue weighted by Gasteiger charge is 2.06. The molecule has 3 aromatic rings. The van der Waals surface area contributed by atoms with Gasteiger partial charge in [-0.05, 0) is 24.3 Å². The fourth-order valence-electron chi connectivity index (χ4n) is 1.82. The molecule has 0 spiro atoms. The summed E-state index contributed by atoms with van der Waals surface area (Å²) in [6, 6.07) is 19.0. The van der Waals surface area contributed by atoms with E-state index in [4.69, 9.17) is 4.52 Å². The number of rotatable bonds is 4. The number of thioether (sulfide) groups is 1. The van der Waals surface area contributed by atoms with Gasteiger partial charge in [0, 0.05) is 22.3 Å². The van der Waals surface area contributed by atoms with Crippen molar-refractivity contribution in [3.8, 4) is 17.1 Å². The third kappa shape index (κ3) is 3.03. The fraction of sp³-hybridized carbons (Fsp3) is 0.0625. The predicted octanol–water partition coefficient (Wildman–Crippen LogP) is 4.34. The predicted molar refractivity (Wildman–Crippen MR) is 79.6 cm³/mol. The Morgan fingerprint density at radius 1 is 1.00 bits per heavy atom. The number of hydrogen-bond donors (Lipinski definition) is 1. The van der Waals surface area contributed by atoms with Crippen molar-refractivity contribution in [3.63, 3.8) is 0 Å². The molecule has 0 radical (unpaired) electrons. The highest BCUT2D eigenvalue weighted by atomic mass is 32.2. The average Bonchev–Trinajstić information content (AvgIpc) is 2.97. The van der Waals surface area contributed by atoms with Crippen molar-refractivity contribution in [2.24, 2.45) is 0 Å². The van der Waals surface area contributed by atoms with Crippen LogP contribution in [0.1, 0.15) is 5.69 Å². The quantitative estimate of drug-likeness (QED) is 0.723. The Balaban J connectivity index is 1.67. The van der Waals surface area contributed by atoms with E-state index in [-0.39, 0.29) is 5.75 Å². The molecule has 4 heteroatoms. The Morgan fingerprint density at radius 2 is 1.75 bits per heavy atom.